The van der Waals surface area contributed by atoms with Crippen molar-refractivity contribution in [3.8, 4) is 0 Å². The molecule has 0 rings (SSSR count). The van der Waals surface area contributed by atoms with E-state index >= 15 is 0 Å². The second-order valence-electron chi connectivity index (χ2n) is 1.50. The van der Waals surface area contributed by atoms with Crippen LogP contribution < -0.4 is 5.32 Å². The molecule has 0 aromatic rings. The minimum Gasteiger partial charge on any atom is -0.317 e. The van der Waals surface area contributed by atoms with Crippen molar-refractivity contribution < 1.29 is 13.2 Å². The Bertz CT molecular complexity index is 48.3. The lowest BCUT2D eigenvalue weighted by Crippen LogP contribution is -2.09. The Morgan fingerprint density at radius 1 is 1.20 bits per heavy atom. The van der Waals surface area contributed by atoms with Crippen LogP contribution in [0.5, 0.6) is 0 Å². The molecule has 0 aliphatic rings. The van der Waals surface area contributed by atoms with Crippen LogP contribution in [0.4, 0.5) is 13.2 Å². The standard InChI is InChI=1S/C4H11N.C2H3F3/c1-3-5-4-2;3-1-2(4)5/h5H,3-4H2,1-2H3;2H,1H2. The zero-order chi connectivity index (χ0) is 8.41. The molecule has 0 bridgehead atoms. The van der Waals surface area contributed by atoms with Gasteiger partial charge < -0.3 is 5.32 Å². The van der Waals surface area contributed by atoms with E-state index in [1.807, 2.05) is 0 Å². The molecule has 0 amide bonds. The summed E-state index contributed by atoms with van der Waals surface area (Å²) in [6.07, 6.45) is -2.78. The van der Waals surface area contributed by atoms with Crippen molar-refractivity contribution in [3.63, 3.8) is 0 Å². The highest BCUT2D eigenvalue weighted by Gasteiger charge is 1.95. The summed E-state index contributed by atoms with van der Waals surface area (Å²) in [6.45, 7) is 4.86. The smallest absolute Gasteiger partial charge is 0.266 e. The average molecular weight is 157 g/mol. The Labute approximate surface area is 59.6 Å². The maximum atomic E-state index is 10.4. The molecule has 0 unspecified atom stereocenters. The lowest BCUT2D eigenvalue weighted by atomic mass is 10.7. The number of rotatable bonds is 3. The molecule has 0 aromatic heterocycles. The Hall–Kier alpha value is -0.250. The van der Waals surface area contributed by atoms with E-state index in [1.165, 1.54) is 0 Å². The first-order valence-corrected chi connectivity index (χ1v) is 3.23. The molecule has 0 fully saturated rings. The predicted octanol–water partition coefficient (Wildman–Crippen LogP) is 1.84. The molecule has 0 spiro atoms. The lowest BCUT2D eigenvalue weighted by Gasteiger charge is -1.86. The van der Waals surface area contributed by atoms with Gasteiger partial charge in [-0.1, -0.05) is 13.8 Å². The van der Waals surface area contributed by atoms with Gasteiger partial charge in [0.05, 0.1) is 0 Å². The van der Waals surface area contributed by atoms with E-state index in [-0.39, 0.29) is 0 Å². The quantitative estimate of drug-likeness (QED) is 0.659. The Kier molecular flexibility index (Phi) is 14.3. The third-order valence-electron chi connectivity index (χ3n) is 0.617. The summed E-state index contributed by atoms with van der Waals surface area (Å²) < 4.78 is 31.1. The van der Waals surface area contributed by atoms with Gasteiger partial charge in [0.1, 0.15) is 0 Å². The van der Waals surface area contributed by atoms with E-state index in [0.29, 0.717) is 0 Å². The highest BCUT2D eigenvalue weighted by Crippen LogP contribution is 1.88. The van der Waals surface area contributed by atoms with Gasteiger partial charge in [-0.3, -0.25) is 0 Å². The van der Waals surface area contributed by atoms with Crippen LogP contribution in [-0.4, -0.2) is 26.2 Å². The fourth-order valence-corrected chi connectivity index (χ4v) is 0.250. The Morgan fingerprint density at radius 3 is 1.50 bits per heavy atom. The summed E-state index contributed by atoms with van der Waals surface area (Å²) in [5, 5.41) is 3.11. The van der Waals surface area contributed by atoms with Crippen molar-refractivity contribution in [1.29, 1.82) is 0 Å². The number of halogens is 3. The van der Waals surface area contributed by atoms with Crippen LogP contribution in [0.3, 0.4) is 0 Å². The van der Waals surface area contributed by atoms with Gasteiger partial charge in [-0.25, -0.2) is 13.2 Å². The van der Waals surface area contributed by atoms with Crippen LogP contribution in [0, 0.1) is 0 Å². The summed E-state index contributed by atoms with van der Waals surface area (Å²) in [5.74, 6) is 0. The summed E-state index contributed by atoms with van der Waals surface area (Å²) >= 11 is 0. The molecule has 4 heteroatoms. The van der Waals surface area contributed by atoms with Gasteiger partial charge in [-0.2, -0.15) is 0 Å². The minimum absolute atomic E-state index is 1.09. The molecule has 0 atom stereocenters. The maximum Gasteiger partial charge on any atom is 0.266 e. The van der Waals surface area contributed by atoms with Gasteiger partial charge in [0, 0.05) is 0 Å². The molecule has 0 aliphatic heterocycles. The van der Waals surface area contributed by atoms with E-state index < -0.39 is 13.1 Å². The van der Waals surface area contributed by atoms with Crippen molar-refractivity contribution in [2.75, 3.05) is 19.8 Å². The van der Waals surface area contributed by atoms with E-state index in [1.54, 1.807) is 0 Å². The van der Waals surface area contributed by atoms with E-state index in [2.05, 4.69) is 19.2 Å². The molecule has 0 aliphatic carbocycles. The highest BCUT2D eigenvalue weighted by molar-refractivity contribution is 4.27. The van der Waals surface area contributed by atoms with Gasteiger partial charge in [-0.05, 0) is 13.1 Å². The maximum absolute atomic E-state index is 10.4. The van der Waals surface area contributed by atoms with Crippen molar-refractivity contribution in [3.05, 3.63) is 0 Å². The van der Waals surface area contributed by atoms with Gasteiger partial charge in [0.15, 0.2) is 6.67 Å². The van der Waals surface area contributed by atoms with Crippen molar-refractivity contribution in [2.45, 2.75) is 20.3 Å². The minimum atomic E-state index is -2.78. The van der Waals surface area contributed by atoms with Crippen LogP contribution in [0.2, 0.25) is 0 Å². The first-order chi connectivity index (χ1) is 4.68. The summed E-state index contributed by atoms with van der Waals surface area (Å²) in [7, 11) is 0. The molecule has 10 heavy (non-hydrogen) atoms. The fourth-order valence-electron chi connectivity index (χ4n) is 0.250. The summed E-state index contributed by atoms with van der Waals surface area (Å²) in [6, 6.07) is 0. The zero-order valence-corrected chi connectivity index (χ0v) is 6.33. The van der Waals surface area contributed by atoms with Gasteiger partial charge in [0.2, 0.25) is 0 Å². The molecular weight excluding hydrogens is 143 g/mol. The van der Waals surface area contributed by atoms with Crippen molar-refractivity contribution in [1.82, 2.24) is 5.32 Å². The predicted molar refractivity (Wildman–Crippen MR) is 36.2 cm³/mol. The van der Waals surface area contributed by atoms with E-state index in [9.17, 15) is 13.2 Å². The fraction of sp³-hybridized carbons (Fsp3) is 1.00. The number of alkyl halides is 3. The van der Waals surface area contributed by atoms with Crippen LogP contribution in [0.1, 0.15) is 13.8 Å². The molecule has 0 saturated carbocycles. The normalized spacial score (nSPS) is 9.00. The first-order valence-electron chi connectivity index (χ1n) is 3.23. The highest BCUT2D eigenvalue weighted by atomic mass is 19.3. The third kappa shape index (κ3) is 25.1. The largest absolute Gasteiger partial charge is 0.317 e. The lowest BCUT2D eigenvalue weighted by molar-refractivity contribution is 0.113. The molecule has 0 radical (unpaired) electrons. The van der Waals surface area contributed by atoms with Crippen LogP contribution in [-0.2, 0) is 0 Å². The van der Waals surface area contributed by atoms with Gasteiger partial charge in [-0.15, -0.1) is 0 Å². The summed E-state index contributed by atoms with van der Waals surface area (Å²) in [5.41, 5.74) is 0. The second-order valence-corrected chi connectivity index (χ2v) is 1.50. The average Bonchev–Trinajstić information content (AvgIpc) is 1.91. The van der Waals surface area contributed by atoms with Crippen LogP contribution >= 0.6 is 0 Å². The molecule has 0 heterocycles. The van der Waals surface area contributed by atoms with Gasteiger partial charge >= 0.3 is 0 Å². The second kappa shape index (κ2) is 11.5. The first kappa shape index (κ1) is 12.4. The molecule has 0 aromatic carbocycles. The Balaban J connectivity index is 0. The molecular formula is C6H14F3N. The monoisotopic (exact) mass is 157 g/mol. The SMILES string of the molecule is CCNCC.FCC(F)F. The molecule has 64 valence electrons. The van der Waals surface area contributed by atoms with Gasteiger partial charge in [0.25, 0.3) is 6.43 Å². The van der Waals surface area contributed by atoms with Crippen LogP contribution in [0.15, 0.2) is 0 Å². The zero-order valence-electron chi connectivity index (χ0n) is 6.33. The topological polar surface area (TPSA) is 12.0 Å². The number of nitrogens with one attached hydrogen (secondary N) is 1. The van der Waals surface area contributed by atoms with Crippen molar-refractivity contribution >= 4 is 0 Å². The third-order valence-corrected chi connectivity index (χ3v) is 0.617. The molecule has 0 saturated heterocycles. The molecule has 1 nitrogen and oxygen atoms in total. The number of hydrogen-bond acceptors (Lipinski definition) is 1. The number of hydrogen-bond donors (Lipinski definition) is 1. The Morgan fingerprint density at radius 2 is 1.50 bits per heavy atom. The molecule has 1 N–H and O–H groups in total. The van der Waals surface area contributed by atoms with E-state index in [0.717, 1.165) is 13.1 Å². The van der Waals surface area contributed by atoms with Crippen molar-refractivity contribution in [2.24, 2.45) is 0 Å². The summed E-state index contributed by atoms with van der Waals surface area (Å²) in [4.78, 5) is 0. The van der Waals surface area contributed by atoms with Crippen LogP contribution in [0.25, 0.3) is 0 Å². The van der Waals surface area contributed by atoms with E-state index in [4.69, 9.17) is 0 Å².